The van der Waals surface area contributed by atoms with Crippen LogP contribution in [0.15, 0.2) is 42.7 Å². The number of rotatable bonds is 10. The highest BCUT2D eigenvalue weighted by atomic mass is 16.1. The minimum Gasteiger partial charge on any atom is -0.356 e. The Bertz CT molecular complexity index is 600. The van der Waals surface area contributed by atoms with E-state index >= 15 is 0 Å². The van der Waals surface area contributed by atoms with Gasteiger partial charge >= 0.3 is 0 Å². The van der Waals surface area contributed by atoms with Crippen LogP contribution in [-0.4, -0.2) is 22.0 Å². The van der Waals surface area contributed by atoms with Gasteiger partial charge in [-0.1, -0.05) is 57.0 Å². The third kappa shape index (κ3) is 5.22. The average molecular weight is 327 g/mol. The van der Waals surface area contributed by atoms with Crippen molar-refractivity contribution in [3.63, 3.8) is 0 Å². The Kier molecular flexibility index (Phi) is 7.53. The van der Waals surface area contributed by atoms with E-state index in [1.165, 1.54) is 0 Å². The summed E-state index contributed by atoms with van der Waals surface area (Å²) in [5.41, 5.74) is 1.12. The zero-order valence-corrected chi connectivity index (χ0v) is 14.9. The van der Waals surface area contributed by atoms with Crippen molar-refractivity contribution >= 4 is 5.91 Å². The summed E-state index contributed by atoms with van der Waals surface area (Å²) in [4.78, 5) is 16.7. The lowest BCUT2D eigenvalue weighted by molar-refractivity contribution is -0.125. The fraction of sp³-hybridized carbons (Fsp3) is 0.500. The van der Waals surface area contributed by atoms with Gasteiger partial charge in [0.15, 0.2) is 0 Å². The molecule has 0 saturated heterocycles. The van der Waals surface area contributed by atoms with Crippen LogP contribution < -0.4 is 5.32 Å². The van der Waals surface area contributed by atoms with Gasteiger partial charge in [0.25, 0.3) is 0 Å². The minimum absolute atomic E-state index is 0.174. The molecule has 0 unspecified atom stereocenters. The van der Waals surface area contributed by atoms with E-state index in [9.17, 15) is 4.79 Å². The molecule has 2 rings (SSSR count). The number of carbonyl (C=O) groups is 1. The van der Waals surface area contributed by atoms with Gasteiger partial charge in [0, 0.05) is 37.0 Å². The van der Waals surface area contributed by atoms with Crippen molar-refractivity contribution in [2.75, 3.05) is 6.54 Å². The standard InChI is InChI=1S/C20H29N3O/c1-3-9-18(10-4-2)20(24)22-13-8-15-23-16-14-21-19(23)17-11-6-5-7-12-17/h5-7,11-12,14,16,18H,3-4,8-10,13,15H2,1-2H3,(H,22,24). The highest BCUT2D eigenvalue weighted by Gasteiger charge is 2.15. The van der Waals surface area contributed by atoms with Crippen LogP contribution in [0, 0.1) is 5.92 Å². The van der Waals surface area contributed by atoms with Crippen molar-refractivity contribution in [3.05, 3.63) is 42.7 Å². The number of nitrogens with one attached hydrogen (secondary N) is 1. The minimum atomic E-state index is 0.174. The van der Waals surface area contributed by atoms with E-state index in [2.05, 4.69) is 40.8 Å². The second kappa shape index (κ2) is 9.91. The van der Waals surface area contributed by atoms with Gasteiger partial charge in [-0.15, -0.1) is 0 Å². The molecule has 1 heterocycles. The summed E-state index contributed by atoms with van der Waals surface area (Å²) in [6.07, 6.45) is 8.84. The highest BCUT2D eigenvalue weighted by Crippen LogP contribution is 2.17. The number of aryl methyl sites for hydroxylation is 1. The monoisotopic (exact) mass is 327 g/mol. The topological polar surface area (TPSA) is 46.9 Å². The highest BCUT2D eigenvalue weighted by molar-refractivity contribution is 5.78. The zero-order chi connectivity index (χ0) is 17.2. The summed E-state index contributed by atoms with van der Waals surface area (Å²) < 4.78 is 2.15. The van der Waals surface area contributed by atoms with Crippen LogP contribution in [0.1, 0.15) is 46.0 Å². The Morgan fingerprint density at radius 1 is 1.17 bits per heavy atom. The van der Waals surface area contributed by atoms with E-state index in [1.54, 1.807) is 0 Å². The van der Waals surface area contributed by atoms with Gasteiger partial charge in [-0.05, 0) is 19.3 Å². The number of hydrogen-bond donors (Lipinski definition) is 1. The van der Waals surface area contributed by atoms with E-state index in [0.717, 1.165) is 56.6 Å². The molecule has 1 amide bonds. The fourth-order valence-electron chi connectivity index (χ4n) is 3.05. The summed E-state index contributed by atoms with van der Waals surface area (Å²) in [5, 5.41) is 3.10. The van der Waals surface area contributed by atoms with Gasteiger partial charge in [-0.3, -0.25) is 4.79 Å². The molecule has 1 aromatic carbocycles. The molecule has 0 bridgehead atoms. The lowest BCUT2D eigenvalue weighted by Crippen LogP contribution is -2.31. The molecule has 0 aliphatic rings. The van der Waals surface area contributed by atoms with Gasteiger partial charge in [0.05, 0.1) is 0 Å². The first-order valence-corrected chi connectivity index (χ1v) is 9.10. The molecule has 0 radical (unpaired) electrons. The molecular weight excluding hydrogens is 298 g/mol. The maximum atomic E-state index is 12.2. The summed E-state index contributed by atoms with van der Waals surface area (Å²) in [5.74, 6) is 1.37. The summed E-state index contributed by atoms with van der Waals surface area (Å²) in [6.45, 7) is 5.85. The number of hydrogen-bond acceptors (Lipinski definition) is 2. The van der Waals surface area contributed by atoms with Crippen LogP contribution in [0.4, 0.5) is 0 Å². The van der Waals surface area contributed by atoms with Crippen LogP contribution in [0.25, 0.3) is 11.4 Å². The first-order valence-electron chi connectivity index (χ1n) is 9.10. The lowest BCUT2D eigenvalue weighted by Gasteiger charge is -2.15. The third-order valence-electron chi connectivity index (χ3n) is 4.27. The smallest absolute Gasteiger partial charge is 0.223 e. The van der Waals surface area contributed by atoms with Crippen molar-refractivity contribution in [2.24, 2.45) is 5.92 Å². The van der Waals surface area contributed by atoms with Gasteiger partial charge in [-0.2, -0.15) is 0 Å². The maximum Gasteiger partial charge on any atom is 0.223 e. The zero-order valence-electron chi connectivity index (χ0n) is 14.9. The quantitative estimate of drug-likeness (QED) is 0.662. The molecule has 0 saturated carbocycles. The first-order chi connectivity index (χ1) is 11.8. The van der Waals surface area contributed by atoms with Crippen molar-refractivity contribution in [1.29, 1.82) is 0 Å². The molecule has 0 aliphatic carbocycles. The Morgan fingerprint density at radius 2 is 1.88 bits per heavy atom. The Hall–Kier alpha value is -2.10. The summed E-state index contributed by atoms with van der Waals surface area (Å²) in [6, 6.07) is 10.2. The second-order valence-corrected chi connectivity index (χ2v) is 6.23. The SMILES string of the molecule is CCCC(CCC)C(=O)NCCCn1ccnc1-c1ccccc1. The molecule has 0 spiro atoms. The van der Waals surface area contributed by atoms with E-state index in [-0.39, 0.29) is 11.8 Å². The number of amides is 1. The first kappa shape index (κ1) is 18.2. The van der Waals surface area contributed by atoms with E-state index in [4.69, 9.17) is 0 Å². The van der Waals surface area contributed by atoms with Crippen LogP contribution in [0.2, 0.25) is 0 Å². The van der Waals surface area contributed by atoms with E-state index in [0.29, 0.717) is 0 Å². The average Bonchev–Trinajstić information content (AvgIpc) is 3.07. The molecular formula is C20H29N3O. The third-order valence-corrected chi connectivity index (χ3v) is 4.27. The summed E-state index contributed by atoms with van der Waals surface area (Å²) >= 11 is 0. The molecule has 1 N–H and O–H groups in total. The molecule has 4 heteroatoms. The molecule has 2 aromatic rings. The predicted octanol–water partition coefficient (Wildman–Crippen LogP) is 4.27. The van der Waals surface area contributed by atoms with Crippen LogP contribution in [-0.2, 0) is 11.3 Å². The predicted molar refractivity (Wildman–Crippen MR) is 98.6 cm³/mol. The number of nitrogens with zero attached hydrogens (tertiary/aromatic N) is 2. The van der Waals surface area contributed by atoms with E-state index < -0.39 is 0 Å². The molecule has 130 valence electrons. The lowest BCUT2D eigenvalue weighted by atomic mass is 9.97. The van der Waals surface area contributed by atoms with Crippen molar-refractivity contribution in [3.8, 4) is 11.4 Å². The van der Waals surface area contributed by atoms with Crippen LogP contribution in [0.5, 0.6) is 0 Å². The molecule has 4 nitrogen and oxygen atoms in total. The van der Waals surface area contributed by atoms with Gasteiger partial charge in [-0.25, -0.2) is 4.98 Å². The molecule has 1 aromatic heterocycles. The van der Waals surface area contributed by atoms with Gasteiger partial charge < -0.3 is 9.88 Å². The Morgan fingerprint density at radius 3 is 2.54 bits per heavy atom. The number of imidazole rings is 1. The van der Waals surface area contributed by atoms with Crippen molar-refractivity contribution < 1.29 is 4.79 Å². The summed E-state index contributed by atoms with van der Waals surface area (Å²) in [7, 11) is 0. The number of benzene rings is 1. The van der Waals surface area contributed by atoms with E-state index in [1.807, 2.05) is 30.6 Å². The Labute approximate surface area is 145 Å². The van der Waals surface area contributed by atoms with Crippen LogP contribution >= 0.6 is 0 Å². The molecule has 0 aliphatic heterocycles. The van der Waals surface area contributed by atoms with Gasteiger partial charge in [0.2, 0.25) is 5.91 Å². The van der Waals surface area contributed by atoms with Crippen molar-refractivity contribution in [1.82, 2.24) is 14.9 Å². The number of aromatic nitrogens is 2. The second-order valence-electron chi connectivity index (χ2n) is 6.23. The van der Waals surface area contributed by atoms with Gasteiger partial charge in [0.1, 0.15) is 5.82 Å². The largest absolute Gasteiger partial charge is 0.356 e. The Balaban J connectivity index is 1.81. The van der Waals surface area contributed by atoms with Crippen LogP contribution in [0.3, 0.4) is 0 Å². The maximum absolute atomic E-state index is 12.2. The molecule has 0 fully saturated rings. The van der Waals surface area contributed by atoms with Crippen molar-refractivity contribution in [2.45, 2.75) is 52.5 Å². The normalized spacial score (nSPS) is 11.0. The molecule has 24 heavy (non-hydrogen) atoms. The fourth-order valence-corrected chi connectivity index (χ4v) is 3.05. The number of carbonyl (C=O) groups excluding carboxylic acids is 1. The molecule has 0 atom stereocenters.